The summed E-state index contributed by atoms with van der Waals surface area (Å²) in [5.74, 6) is -0.662. The van der Waals surface area contributed by atoms with Crippen LogP contribution >= 0.6 is 0 Å². The fourth-order valence-corrected chi connectivity index (χ4v) is 7.60. The molecule has 4 fully saturated rings. The molecule has 3 heterocycles. The van der Waals surface area contributed by atoms with Crippen LogP contribution in [0.1, 0.15) is 101 Å². The van der Waals surface area contributed by atoms with E-state index in [0.717, 1.165) is 64.2 Å². The number of amides is 4. The van der Waals surface area contributed by atoms with E-state index in [1.807, 2.05) is 37.3 Å². The van der Waals surface area contributed by atoms with Gasteiger partial charge in [0.2, 0.25) is 17.7 Å². The molecule has 1 aromatic carbocycles. The van der Waals surface area contributed by atoms with E-state index < -0.39 is 24.1 Å². The molecule has 4 amide bonds. The van der Waals surface area contributed by atoms with Gasteiger partial charge < -0.3 is 34.7 Å². The average molecular weight is 750 g/mol. The van der Waals surface area contributed by atoms with E-state index in [1.165, 1.54) is 22.2 Å². The zero-order valence-electron chi connectivity index (χ0n) is 31.4. The molecule has 0 bridgehead atoms. The van der Waals surface area contributed by atoms with Crippen molar-refractivity contribution in [1.82, 2.24) is 35.3 Å². The molecule has 54 heavy (non-hydrogen) atoms. The van der Waals surface area contributed by atoms with Crippen LogP contribution in [0.3, 0.4) is 0 Å². The highest BCUT2D eigenvalue weighted by Gasteiger charge is 2.37. The van der Waals surface area contributed by atoms with Gasteiger partial charge in [0.1, 0.15) is 12.1 Å². The Morgan fingerprint density at radius 3 is 2.35 bits per heavy atom. The lowest BCUT2D eigenvalue weighted by molar-refractivity contribution is -0.158. The zero-order chi connectivity index (χ0) is 37.9. The quantitative estimate of drug-likeness (QED) is 0.201. The van der Waals surface area contributed by atoms with Gasteiger partial charge in [-0.15, -0.1) is 5.06 Å². The second-order valence-corrected chi connectivity index (χ2v) is 14.8. The van der Waals surface area contributed by atoms with Crippen LogP contribution < -0.4 is 15.4 Å². The van der Waals surface area contributed by atoms with Gasteiger partial charge >= 0.3 is 6.16 Å². The van der Waals surface area contributed by atoms with Crippen LogP contribution in [-0.2, 0) is 24.0 Å². The molecule has 0 radical (unpaired) electrons. The smallest absolute Gasteiger partial charge is 0.467 e. The number of hydroxylamine groups is 2. The SMILES string of the molecule is CCCCOC(=O)ON1CCN(C(=O)[C@H](CC2CCCCC2)NC(=O)c2cc(OCC(=O)N3CCC[C@H]3C(=O)NC3CCC3)n(-c3ccccc3)n2)CC1. The van der Waals surface area contributed by atoms with Gasteiger partial charge in [-0.25, -0.2) is 9.48 Å². The van der Waals surface area contributed by atoms with Crippen molar-refractivity contribution in [2.24, 2.45) is 5.92 Å². The minimum Gasteiger partial charge on any atom is -0.467 e. The lowest BCUT2D eigenvalue weighted by atomic mass is 9.84. The number of piperazine rings is 1. The molecule has 0 unspecified atom stereocenters. The maximum Gasteiger partial charge on any atom is 0.527 e. The van der Waals surface area contributed by atoms with Crippen molar-refractivity contribution in [2.45, 2.75) is 109 Å². The topological polar surface area (TPSA) is 165 Å². The predicted molar refractivity (Wildman–Crippen MR) is 198 cm³/mol. The van der Waals surface area contributed by atoms with E-state index in [9.17, 15) is 24.0 Å². The molecule has 2 aliphatic heterocycles. The number of likely N-dealkylation sites (tertiary alicyclic amines) is 1. The highest BCUT2D eigenvalue weighted by Crippen LogP contribution is 2.29. The maximum atomic E-state index is 14.0. The fraction of sp³-hybridized carbons (Fsp3) is 0.641. The van der Waals surface area contributed by atoms with Crippen molar-refractivity contribution in [1.29, 1.82) is 0 Å². The number of ether oxygens (including phenoxy) is 2. The number of nitrogens with zero attached hydrogens (tertiary/aromatic N) is 5. The third kappa shape index (κ3) is 10.3. The van der Waals surface area contributed by atoms with Gasteiger partial charge in [0.25, 0.3) is 11.8 Å². The number of nitrogens with one attached hydrogen (secondary N) is 2. The number of benzene rings is 1. The first-order valence-corrected chi connectivity index (χ1v) is 19.9. The Balaban J connectivity index is 1.12. The molecular weight excluding hydrogens is 694 g/mol. The summed E-state index contributed by atoms with van der Waals surface area (Å²) in [5.41, 5.74) is 0.670. The third-order valence-corrected chi connectivity index (χ3v) is 10.9. The summed E-state index contributed by atoms with van der Waals surface area (Å²) in [5, 5.41) is 12.1. The second kappa shape index (κ2) is 19.1. The standard InChI is InChI=1S/C39H55N7O8/c1-2-3-24-52-39(51)54-44-22-20-43(21-23-44)38(50)32(25-28-12-6-4-7-13-28)41-36(48)31-26-35(46(42-31)30-16-8-5-9-17-30)53-27-34(47)45-19-11-18-33(45)37(49)40-29-14-10-15-29/h5,8-9,16-17,26,28-29,32-33H,2-4,6-7,10-15,18-25,27H2,1H3,(H,40,49)(H,41,48)/t32-,33-/m0/s1. The highest BCUT2D eigenvalue weighted by atomic mass is 16.8. The summed E-state index contributed by atoms with van der Waals surface area (Å²) in [4.78, 5) is 75.0. The van der Waals surface area contributed by atoms with E-state index in [-0.39, 0.29) is 41.9 Å². The molecule has 2 saturated carbocycles. The number of aromatic nitrogens is 2. The van der Waals surface area contributed by atoms with Crippen LogP contribution in [0.5, 0.6) is 5.88 Å². The van der Waals surface area contributed by atoms with Gasteiger partial charge in [-0.1, -0.05) is 63.6 Å². The first-order chi connectivity index (χ1) is 26.3. The number of hydrogen-bond acceptors (Lipinski definition) is 10. The van der Waals surface area contributed by atoms with Crippen LogP contribution in [0, 0.1) is 5.92 Å². The predicted octanol–water partition coefficient (Wildman–Crippen LogP) is 3.99. The van der Waals surface area contributed by atoms with Crippen molar-refractivity contribution in [2.75, 3.05) is 45.9 Å². The lowest BCUT2D eigenvalue weighted by Gasteiger charge is -2.36. The summed E-state index contributed by atoms with van der Waals surface area (Å²) in [6, 6.07) is 9.52. The Labute approximate surface area is 317 Å². The Kier molecular flexibility index (Phi) is 13.8. The Morgan fingerprint density at radius 1 is 0.889 bits per heavy atom. The first-order valence-electron chi connectivity index (χ1n) is 19.9. The molecule has 2 N–H and O–H groups in total. The number of carbonyl (C=O) groups excluding carboxylic acids is 5. The number of para-hydroxylation sites is 1. The number of rotatable bonds is 15. The van der Waals surface area contributed by atoms with Crippen molar-refractivity contribution in [3.63, 3.8) is 0 Å². The molecule has 1 aromatic heterocycles. The zero-order valence-corrected chi connectivity index (χ0v) is 31.4. The summed E-state index contributed by atoms with van der Waals surface area (Å²) >= 11 is 0. The number of unbranched alkanes of at least 4 members (excludes halogenated alkanes) is 1. The molecule has 2 aromatic rings. The first kappa shape index (κ1) is 39.0. The molecule has 2 saturated heterocycles. The molecule has 2 aliphatic carbocycles. The van der Waals surface area contributed by atoms with Crippen LogP contribution in [0.25, 0.3) is 5.69 Å². The van der Waals surface area contributed by atoms with E-state index in [2.05, 4.69) is 15.7 Å². The fourth-order valence-electron chi connectivity index (χ4n) is 7.60. The Hall–Kier alpha value is -4.66. The van der Waals surface area contributed by atoms with Crippen LogP contribution in [0.15, 0.2) is 36.4 Å². The van der Waals surface area contributed by atoms with Crippen molar-refractivity contribution >= 4 is 29.8 Å². The molecule has 0 spiro atoms. The summed E-state index contributed by atoms with van der Waals surface area (Å²) in [6.45, 7) is 3.74. The van der Waals surface area contributed by atoms with E-state index in [1.54, 1.807) is 9.80 Å². The van der Waals surface area contributed by atoms with Gasteiger partial charge in [0.05, 0.1) is 25.4 Å². The molecular formula is C39H55N7O8. The van der Waals surface area contributed by atoms with Gasteiger partial charge in [-0.3, -0.25) is 19.2 Å². The molecule has 294 valence electrons. The van der Waals surface area contributed by atoms with Gasteiger partial charge in [0, 0.05) is 31.7 Å². The molecule has 2 atom stereocenters. The van der Waals surface area contributed by atoms with Gasteiger partial charge in [0.15, 0.2) is 12.3 Å². The largest absolute Gasteiger partial charge is 0.527 e. The average Bonchev–Trinajstić information content (AvgIpc) is 3.85. The highest BCUT2D eigenvalue weighted by molar-refractivity contribution is 5.96. The summed E-state index contributed by atoms with van der Waals surface area (Å²) < 4.78 is 12.6. The normalized spacial score (nSPS) is 20.1. The number of carbonyl (C=O) groups is 5. The maximum absolute atomic E-state index is 14.0. The summed E-state index contributed by atoms with van der Waals surface area (Å²) in [7, 11) is 0. The minimum absolute atomic E-state index is 0.0430. The van der Waals surface area contributed by atoms with Crippen LogP contribution in [0.2, 0.25) is 0 Å². The van der Waals surface area contributed by atoms with E-state index in [0.29, 0.717) is 63.8 Å². The lowest BCUT2D eigenvalue weighted by Crippen LogP contribution is -2.55. The molecule has 6 rings (SSSR count). The number of hydrogen-bond donors (Lipinski definition) is 2. The van der Waals surface area contributed by atoms with E-state index in [4.69, 9.17) is 14.3 Å². The Morgan fingerprint density at radius 2 is 1.65 bits per heavy atom. The van der Waals surface area contributed by atoms with Crippen molar-refractivity contribution in [3.05, 3.63) is 42.1 Å². The van der Waals surface area contributed by atoms with Crippen molar-refractivity contribution < 1.29 is 38.3 Å². The monoisotopic (exact) mass is 749 g/mol. The van der Waals surface area contributed by atoms with E-state index >= 15 is 0 Å². The van der Waals surface area contributed by atoms with Crippen LogP contribution in [-0.4, -0.2) is 118 Å². The third-order valence-electron chi connectivity index (χ3n) is 10.9. The molecule has 15 nitrogen and oxygen atoms in total. The molecule has 15 heteroatoms. The van der Waals surface area contributed by atoms with Crippen LogP contribution in [0.4, 0.5) is 4.79 Å². The second-order valence-electron chi connectivity index (χ2n) is 14.8. The molecule has 4 aliphatic rings. The Bertz CT molecular complexity index is 1580. The van der Waals surface area contributed by atoms with Gasteiger partial charge in [-0.2, -0.15) is 5.10 Å². The van der Waals surface area contributed by atoms with Crippen molar-refractivity contribution in [3.8, 4) is 11.6 Å². The summed E-state index contributed by atoms with van der Waals surface area (Å²) in [6.07, 6.45) is 11.1. The minimum atomic E-state index is -0.780. The van der Waals surface area contributed by atoms with Gasteiger partial charge in [-0.05, 0) is 63.0 Å².